The van der Waals surface area contributed by atoms with Gasteiger partial charge in [-0.25, -0.2) is 0 Å². The molecule has 1 aliphatic heterocycles. The number of carbonyl (C=O) groups excluding carboxylic acids is 2. The number of hydrogen-bond donors (Lipinski definition) is 0. The van der Waals surface area contributed by atoms with E-state index in [9.17, 15) is 14.7 Å². The fourth-order valence-electron chi connectivity index (χ4n) is 2.08. The highest BCUT2D eigenvalue weighted by molar-refractivity contribution is 5.94. The van der Waals surface area contributed by atoms with Crippen LogP contribution < -0.4 is 5.11 Å². The van der Waals surface area contributed by atoms with Crippen LogP contribution in [0.25, 0.3) is 0 Å². The lowest BCUT2D eigenvalue weighted by Gasteiger charge is -2.32. The number of benzene rings is 1. The van der Waals surface area contributed by atoms with E-state index in [-0.39, 0.29) is 5.91 Å². The lowest BCUT2D eigenvalue weighted by Crippen LogP contribution is -2.43. The zero-order valence-electron chi connectivity index (χ0n) is 9.46. The molecular formula is C13H14NO3-. The van der Waals surface area contributed by atoms with Gasteiger partial charge in [-0.3, -0.25) is 4.79 Å². The Hall–Kier alpha value is -1.84. The van der Waals surface area contributed by atoms with Gasteiger partial charge in [-0.2, -0.15) is 0 Å². The molecule has 0 aromatic heterocycles. The molecule has 0 bridgehead atoms. The zero-order valence-corrected chi connectivity index (χ0v) is 9.46. The molecule has 4 heteroatoms. The molecule has 0 aliphatic carbocycles. The van der Waals surface area contributed by atoms with Gasteiger partial charge in [-0.15, -0.1) is 0 Å². The molecule has 1 saturated heterocycles. The van der Waals surface area contributed by atoms with E-state index in [2.05, 4.69) is 0 Å². The first-order valence-corrected chi connectivity index (χ1v) is 5.73. The second kappa shape index (κ2) is 4.99. The standard InChI is InChI=1S/C13H15NO3/c15-12(10-4-2-1-3-5-10)14-8-6-11(7-9-14)13(16)17/h1-5,11H,6-9H2,(H,16,17)/p-1. The molecule has 0 saturated carbocycles. The first-order valence-electron chi connectivity index (χ1n) is 5.73. The van der Waals surface area contributed by atoms with Gasteiger partial charge >= 0.3 is 0 Å². The summed E-state index contributed by atoms with van der Waals surface area (Å²) in [5.41, 5.74) is 0.652. The van der Waals surface area contributed by atoms with Crippen LogP contribution in [0, 0.1) is 5.92 Å². The fraction of sp³-hybridized carbons (Fsp3) is 0.385. The third-order valence-corrected chi connectivity index (χ3v) is 3.14. The van der Waals surface area contributed by atoms with Crippen molar-refractivity contribution in [3.8, 4) is 0 Å². The number of nitrogens with zero attached hydrogens (tertiary/aromatic N) is 1. The molecule has 1 amide bonds. The van der Waals surface area contributed by atoms with Crippen molar-refractivity contribution >= 4 is 11.9 Å². The molecule has 1 heterocycles. The molecule has 0 unspecified atom stereocenters. The second-order valence-corrected chi connectivity index (χ2v) is 4.25. The van der Waals surface area contributed by atoms with Crippen molar-refractivity contribution in [2.75, 3.05) is 13.1 Å². The van der Waals surface area contributed by atoms with Gasteiger partial charge in [0.25, 0.3) is 5.91 Å². The minimum absolute atomic E-state index is 0.0256. The molecule has 1 aromatic carbocycles. The highest BCUT2D eigenvalue weighted by Crippen LogP contribution is 2.18. The number of piperidine rings is 1. The molecule has 0 radical (unpaired) electrons. The first-order chi connectivity index (χ1) is 8.18. The van der Waals surface area contributed by atoms with Gasteiger partial charge in [0.1, 0.15) is 0 Å². The Morgan fingerprint density at radius 1 is 1.12 bits per heavy atom. The SMILES string of the molecule is O=C([O-])C1CCN(C(=O)c2ccccc2)CC1. The number of rotatable bonds is 2. The minimum atomic E-state index is -1.00. The maximum Gasteiger partial charge on any atom is 0.253 e. The normalized spacial score (nSPS) is 16.8. The van der Waals surface area contributed by atoms with E-state index < -0.39 is 11.9 Å². The van der Waals surface area contributed by atoms with E-state index >= 15 is 0 Å². The Kier molecular flexibility index (Phi) is 3.42. The topological polar surface area (TPSA) is 60.4 Å². The molecular weight excluding hydrogens is 218 g/mol. The number of hydrogen-bond acceptors (Lipinski definition) is 3. The van der Waals surface area contributed by atoms with Crippen LogP contribution in [0.5, 0.6) is 0 Å². The van der Waals surface area contributed by atoms with Crippen molar-refractivity contribution in [1.82, 2.24) is 4.90 Å². The Balaban J connectivity index is 1.98. The third-order valence-electron chi connectivity index (χ3n) is 3.14. The van der Waals surface area contributed by atoms with Gasteiger partial charge in [0.2, 0.25) is 0 Å². The molecule has 0 spiro atoms. The van der Waals surface area contributed by atoms with E-state index in [1.54, 1.807) is 17.0 Å². The van der Waals surface area contributed by atoms with E-state index in [1.165, 1.54) is 0 Å². The average molecular weight is 232 g/mol. The molecule has 90 valence electrons. The third kappa shape index (κ3) is 2.64. The van der Waals surface area contributed by atoms with Crippen LogP contribution in [0.4, 0.5) is 0 Å². The highest BCUT2D eigenvalue weighted by atomic mass is 16.4. The van der Waals surface area contributed by atoms with Crippen molar-refractivity contribution in [3.05, 3.63) is 35.9 Å². The summed E-state index contributed by atoms with van der Waals surface area (Å²) in [5.74, 6) is -1.44. The van der Waals surface area contributed by atoms with Gasteiger partial charge in [-0.1, -0.05) is 18.2 Å². The molecule has 1 aliphatic rings. The predicted octanol–water partition coefficient (Wildman–Crippen LogP) is 0.289. The summed E-state index contributed by atoms with van der Waals surface area (Å²) >= 11 is 0. The maximum atomic E-state index is 12.0. The Morgan fingerprint density at radius 3 is 2.24 bits per heavy atom. The van der Waals surface area contributed by atoms with Crippen molar-refractivity contribution in [2.24, 2.45) is 5.92 Å². The lowest BCUT2D eigenvalue weighted by molar-refractivity contribution is -0.312. The molecule has 4 nitrogen and oxygen atoms in total. The summed E-state index contributed by atoms with van der Waals surface area (Å²) in [6.07, 6.45) is 0.974. The van der Waals surface area contributed by atoms with Crippen LogP contribution in [0.3, 0.4) is 0 Å². The Labute approximate surface area is 99.9 Å². The zero-order chi connectivity index (χ0) is 12.3. The van der Waals surface area contributed by atoms with Crippen LogP contribution >= 0.6 is 0 Å². The van der Waals surface area contributed by atoms with E-state index in [4.69, 9.17) is 0 Å². The number of carboxylic acid groups (broad SMARTS) is 1. The summed E-state index contributed by atoms with van der Waals surface area (Å²) in [4.78, 5) is 24.4. The number of carboxylic acids is 1. The van der Waals surface area contributed by atoms with Crippen molar-refractivity contribution in [2.45, 2.75) is 12.8 Å². The van der Waals surface area contributed by atoms with Gasteiger partial charge in [0, 0.05) is 30.5 Å². The molecule has 1 fully saturated rings. The van der Waals surface area contributed by atoms with Crippen LogP contribution in [0.15, 0.2) is 30.3 Å². The number of aliphatic carboxylic acids is 1. The molecule has 0 N–H and O–H groups in total. The molecule has 17 heavy (non-hydrogen) atoms. The van der Waals surface area contributed by atoms with E-state index in [0.29, 0.717) is 31.5 Å². The quantitative estimate of drug-likeness (QED) is 0.736. The van der Waals surface area contributed by atoms with Crippen LogP contribution in [-0.2, 0) is 4.79 Å². The summed E-state index contributed by atoms with van der Waals surface area (Å²) in [6.45, 7) is 0.985. The first kappa shape index (κ1) is 11.6. The van der Waals surface area contributed by atoms with Crippen LogP contribution in [0.2, 0.25) is 0 Å². The van der Waals surface area contributed by atoms with Crippen LogP contribution in [0.1, 0.15) is 23.2 Å². The van der Waals surface area contributed by atoms with Gasteiger partial charge in [-0.05, 0) is 25.0 Å². The van der Waals surface area contributed by atoms with Crippen molar-refractivity contribution in [1.29, 1.82) is 0 Å². The summed E-state index contributed by atoms with van der Waals surface area (Å²) in [5, 5.41) is 10.7. The molecule has 1 aromatic rings. The van der Waals surface area contributed by atoms with Gasteiger partial charge in [0.05, 0.1) is 0 Å². The van der Waals surface area contributed by atoms with Crippen molar-refractivity contribution in [3.63, 3.8) is 0 Å². The molecule has 2 rings (SSSR count). The number of likely N-dealkylation sites (tertiary alicyclic amines) is 1. The molecule has 0 atom stereocenters. The number of carbonyl (C=O) groups is 2. The second-order valence-electron chi connectivity index (χ2n) is 4.25. The summed E-state index contributed by atoms with van der Waals surface area (Å²) < 4.78 is 0. The van der Waals surface area contributed by atoms with Gasteiger partial charge in [0.15, 0.2) is 0 Å². The monoisotopic (exact) mass is 232 g/mol. The lowest BCUT2D eigenvalue weighted by atomic mass is 9.96. The Bertz CT molecular complexity index is 408. The maximum absolute atomic E-state index is 12.0. The minimum Gasteiger partial charge on any atom is -0.550 e. The largest absolute Gasteiger partial charge is 0.550 e. The van der Waals surface area contributed by atoms with E-state index in [1.807, 2.05) is 18.2 Å². The summed E-state index contributed by atoms with van der Waals surface area (Å²) in [6, 6.07) is 9.04. The van der Waals surface area contributed by atoms with E-state index in [0.717, 1.165) is 0 Å². The summed E-state index contributed by atoms with van der Waals surface area (Å²) in [7, 11) is 0. The highest BCUT2D eigenvalue weighted by Gasteiger charge is 2.23. The average Bonchev–Trinajstić information content (AvgIpc) is 2.39. The number of amides is 1. The Morgan fingerprint density at radius 2 is 1.71 bits per heavy atom. The van der Waals surface area contributed by atoms with Gasteiger partial charge < -0.3 is 14.8 Å². The predicted molar refractivity (Wildman–Crippen MR) is 60.1 cm³/mol. The van der Waals surface area contributed by atoms with Crippen molar-refractivity contribution < 1.29 is 14.7 Å². The van der Waals surface area contributed by atoms with Crippen LogP contribution in [-0.4, -0.2) is 29.9 Å². The smallest absolute Gasteiger partial charge is 0.253 e. The fourth-order valence-corrected chi connectivity index (χ4v) is 2.08.